The number of carbonyl (C=O) groups is 1. The first-order chi connectivity index (χ1) is 12.0. The molecular formula is C18H19N3O4. The fourth-order valence-electron chi connectivity index (χ4n) is 3.33. The first-order valence-corrected chi connectivity index (χ1v) is 8.30. The fourth-order valence-corrected chi connectivity index (χ4v) is 3.33. The Morgan fingerprint density at radius 1 is 1.40 bits per heavy atom. The monoisotopic (exact) mass is 341 g/mol. The molecule has 0 radical (unpaired) electrons. The standard InChI is InChI=1S/C18H19N3O4/c1-10(16-7-12-5-3-4-6-15(12)24-16)18(23)21-9-13(22)8-14(21)17-19-11(2)20-25-17/h3-7,10,13-14,22H,8-9H2,1-2H3/t10?,13-,14-/m1/s1. The lowest BCUT2D eigenvalue weighted by Crippen LogP contribution is -2.35. The molecule has 1 unspecified atom stereocenters. The number of rotatable bonds is 3. The summed E-state index contributed by atoms with van der Waals surface area (Å²) in [4.78, 5) is 18.9. The third kappa shape index (κ3) is 2.80. The van der Waals surface area contributed by atoms with Crippen LogP contribution in [0.2, 0.25) is 0 Å². The van der Waals surface area contributed by atoms with Crippen molar-refractivity contribution in [3.8, 4) is 0 Å². The van der Waals surface area contributed by atoms with Crippen molar-refractivity contribution in [3.63, 3.8) is 0 Å². The zero-order valence-corrected chi connectivity index (χ0v) is 14.0. The highest BCUT2D eigenvalue weighted by atomic mass is 16.5. The van der Waals surface area contributed by atoms with Gasteiger partial charge >= 0.3 is 0 Å². The Labute approximate surface area is 144 Å². The van der Waals surface area contributed by atoms with Crippen LogP contribution < -0.4 is 0 Å². The van der Waals surface area contributed by atoms with Crippen LogP contribution in [0.15, 0.2) is 39.3 Å². The van der Waals surface area contributed by atoms with Crippen molar-refractivity contribution < 1.29 is 18.8 Å². The van der Waals surface area contributed by atoms with E-state index in [2.05, 4.69) is 10.1 Å². The molecule has 1 aliphatic rings. The quantitative estimate of drug-likeness (QED) is 0.787. The number of hydrogen-bond acceptors (Lipinski definition) is 6. The van der Waals surface area contributed by atoms with E-state index in [1.165, 1.54) is 0 Å². The second-order valence-corrected chi connectivity index (χ2v) is 6.48. The third-order valence-corrected chi connectivity index (χ3v) is 4.63. The topological polar surface area (TPSA) is 92.6 Å². The van der Waals surface area contributed by atoms with Crippen LogP contribution in [-0.2, 0) is 4.79 Å². The van der Waals surface area contributed by atoms with Crippen molar-refractivity contribution in [2.24, 2.45) is 0 Å². The summed E-state index contributed by atoms with van der Waals surface area (Å²) in [5.41, 5.74) is 0.752. The van der Waals surface area contributed by atoms with Crippen LogP contribution in [0.3, 0.4) is 0 Å². The van der Waals surface area contributed by atoms with Crippen molar-refractivity contribution in [1.29, 1.82) is 0 Å². The summed E-state index contributed by atoms with van der Waals surface area (Å²) in [5.74, 6) is 0.877. The second kappa shape index (κ2) is 6.00. The van der Waals surface area contributed by atoms with Crippen LogP contribution in [-0.4, -0.2) is 38.7 Å². The van der Waals surface area contributed by atoms with Gasteiger partial charge in [-0.05, 0) is 26.0 Å². The van der Waals surface area contributed by atoms with Gasteiger partial charge < -0.3 is 18.9 Å². The van der Waals surface area contributed by atoms with Gasteiger partial charge in [0.15, 0.2) is 5.82 Å². The predicted molar refractivity (Wildman–Crippen MR) is 88.7 cm³/mol. The minimum Gasteiger partial charge on any atom is -0.460 e. The number of para-hydroxylation sites is 1. The average molecular weight is 341 g/mol. The molecule has 7 heteroatoms. The molecule has 3 heterocycles. The molecule has 130 valence electrons. The van der Waals surface area contributed by atoms with Crippen molar-refractivity contribution >= 4 is 16.9 Å². The van der Waals surface area contributed by atoms with Crippen LogP contribution >= 0.6 is 0 Å². The van der Waals surface area contributed by atoms with Gasteiger partial charge in [-0.15, -0.1) is 0 Å². The Kier molecular flexibility index (Phi) is 3.80. The van der Waals surface area contributed by atoms with Crippen LogP contribution in [0, 0.1) is 6.92 Å². The number of β-amino-alcohol motifs (C(OH)–C–C–N with tert-alkyl or cyclic N) is 1. The smallest absolute Gasteiger partial charge is 0.249 e. The minimum atomic E-state index is -0.607. The summed E-state index contributed by atoms with van der Waals surface area (Å²) in [6.45, 7) is 3.78. The van der Waals surface area contributed by atoms with Crippen LogP contribution in [0.4, 0.5) is 0 Å². The number of hydrogen-bond donors (Lipinski definition) is 1. The van der Waals surface area contributed by atoms with Gasteiger partial charge in [-0.25, -0.2) is 0 Å². The van der Waals surface area contributed by atoms with Gasteiger partial charge in [0.25, 0.3) is 0 Å². The number of carbonyl (C=O) groups excluding carboxylic acids is 1. The van der Waals surface area contributed by atoms with E-state index in [1.54, 1.807) is 18.7 Å². The number of amides is 1. The molecule has 25 heavy (non-hydrogen) atoms. The molecule has 7 nitrogen and oxygen atoms in total. The Bertz CT molecular complexity index is 883. The molecule has 1 aromatic carbocycles. The highest BCUT2D eigenvalue weighted by molar-refractivity contribution is 5.86. The molecule has 1 N–H and O–H groups in total. The van der Waals surface area contributed by atoms with Gasteiger partial charge in [0.1, 0.15) is 17.4 Å². The highest BCUT2D eigenvalue weighted by Gasteiger charge is 2.40. The maximum atomic E-state index is 13.0. The van der Waals surface area contributed by atoms with Crippen molar-refractivity contribution in [2.75, 3.05) is 6.54 Å². The molecule has 1 amide bonds. The summed E-state index contributed by atoms with van der Waals surface area (Å²) < 4.78 is 11.0. The molecule has 0 aliphatic carbocycles. The van der Waals surface area contributed by atoms with E-state index in [9.17, 15) is 9.90 Å². The Hall–Kier alpha value is -2.67. The minimum absolute atomic E-state index is 0.128. The normalized spacial score (nSPS) is 21.8. The van der Waals surface area contributed by atoms with E-state index in [0.717, 1.165) is 11.0 Å². The lowest BCUT2D eigenvalue weighted by Gasteiger charge is -2.24. The number of nitrogens with zero attached hydrogens (tertiary/aromatic N) is 3. The van der Waals surface area contributed by atoms with Crippen molar-refractivity contribution in [1.82, 2.24) is 15.0 Å². The average Bonchev–Trinajstić information content (AvgIpc) is 3.30. The van der Waals surface area contributed by atoms with Crippen LogP contribution in [0.5, 0.6) is 0 Å². The fraction of sp³-hybridized carbons (Fsp3) is 0.389. The molecule has 0 saturated carbocycles. The van der Waals surface area contributed by atoms with Gasteiger partial charge in [0.05, 0.1) is 12.0 Å². The first kappa shape index (κ1) is 15.8. The molecule has 4 rings (SSSR count). The van der Waals surface area contributed by atoms with E-state index in [1.807, 2.05) is 30.3 Å². The molecule has 1 aliphatic heterocycles. The van der Waals surface area contributed by atoms with Gasteiger partial charge in [-0.1, -0.05) is 23.4 Å². The third-order valence-electron chi connectivity index (χ3n) is 4.63. The number of likely N-dealkylation sites (tertiary alicyclic amines) is 1. The Morgan fingerprint density at radius 2 is 2.20 bits per heavy atom. The van der Waals surface area contributed by atoms with E-state index >= 15 is 0 Å². The summed E-state index contributed by atoms with van der Waals surface area (Å²) in [7, 11) is 0. The van der Waals surface area contributed by atoms with Gasteiger partial charge in [-0.3, -0.25) is 4.79 Å². The zero-order chi connectivity index (χ0) is 17.6. The summed E-state index contributed by atoms with van der Waals surface area (Å²) in [6.07, 6.45) is -0.218. The highest BCUT2D eigenvalue weighted by Crippen LogP contribution is 2.35. The maximum Gasteiger partial charge on any atom is 0.249 e. The number of aliphatic hydroxyl groups excluding tert-OH is 1. The molecule has 3 atom stereocenters. The van der Waals surface area contributed by atoms with E-state index in [-0.39, 0.29) is 12.5 Å². The SMILES string of the molecule is Cc1noc([C@H]2C[C@@H](O)CN2C(=O)C(C)c2cc3ccccc3o2)n1. The van der Waals surface area contributed by atoms with Crippen LogP contribution in [0.25, 0.3) is 11.0 Å². The van der Waals surface area contributed by atoms with Gasteiger partial charge in [0.2, 0.25) is 11.8 Å². The molecule has 3 aromatic rings. The summed E-state index contributed by atoms with van der Waals surface area (Å²) >= 11 is 0. The Morgan fingerprint density at radius 3 is 2.92 bits per heavy atom. The van der Waals surface area contributed by atoms with E-state index < -0.39 is 18.1 Å². The van der Waals surface area contributed by atoms with Gasteiger partial charge in [0, 0.05) is 18.4 Å². The van der Waals surface area contributed by atoms with Crippen molar-refractivity contribution in [3.05, 3.63) is 47.8 Å². The number of aryl methyl sites for hydroxylation is 1. The second-order valence-electron chi connectivity index (χ2n) is 6.48. The maximum absolute atomic E-state index is 13.0. The molecule has 2 aromatic heterocycles. The lowest BCUT2D eigenvalue weighted by atomic mass is 10.1. The molecular weight excluding hydrogens is 322 g/mol. The van der Waals surface area contributed by atoms with E-state index in [0.29, 0.717) is 23.9 Å². The molecule has 1 saturated heterocycles. The van der Waals surface area contributed by atoms with Crippen molar-refractivity contribution in [2.45, 2.75) is 38.3 Å². The number of furan rings is 1. The van der Waals surface area contributed by atoms with Crippen LogP contribution in [0.1, 0.15) is 42.8 Å². The number of aromatic nitrogens is 2. The van der Waals surface area contributed by atoms with E-state index in [4.69, 9.17) is 8.94 Å². The lowest BCUT2D eigenvalue weighted by molar-refractivity contribution is -0.134. The number of aliphatic hydroxyl groups is 1. The molecule has 1 fully saturated rings. The summed E-state index contributed by atoms with van der Waals surface area (Å²) in [5, 5.41) is 14.8. The summed E-state index contributed by atoms with van der Waals surface area (Å²) in [6, 6.07) is 9.13. The Balaban J connectivity index is 1.61. The largest absolute Gasteiger partial charge is 0.460 e. The predicted octanol–water partition coefficient (Wildman–Crippen LogP) is 2.56. The zero-order valence-electron chi connectivity index (χ0n) is 14.0. The molecule has 0 spiro atoms. The number of benzene rings is 1. The van der Waals surface area contributed by atoms with Gasteiger partial charge in [-0.2, -0.15) is 4.98 Å². The molecule has 0 bridgehead atoms. The first-order valence-electron chi connectivity index (χ1n) is 8.30. The number of fused-ring (bicyclic) bond motifs is 1.